The molecule has 7 heteroatoms. The number of hydrogen-bond donors (Lipinski definition) is 1. The topological polar surface area (TPSA) is 74.7 Å². The molecule has 1 atom stereocenters. The fraction of sp³-hybridized carbons (Fsp3) is 0.900. The van der Waals surface area contributed by atoms with Crippen molar-refractivity contribution in [2.75, 3.05) is 5.75 Å². The first kappa shape index (κ1) is 14.7. The van der Waals surface area contributed by atoms with Crippen molar-refractivity contribution >= 4 is 24.2 Å². The van der Waals surface area contributed by atoms with E-state index in [1.165, 1.54) is 3.97 Å². The highest BCUT2D eigenvalue weighted by Gasteiger charge is 2.56. The third kappa shape index (κ3) is 2.55. The van der Waals surface area contributed by atoms with Gasteiger partial charge in [0.1, 0.15) is 8.24 Å². The molecule has 1 rings (SSSR count). The average molecular weight is 279 g/mol. The molecule has 0 bridgehead atoms. The highest BCUT2D eigenvalue weighted by molar-refractivity contribution is 7.91. The van der Waals surface area contributed by atoms with Gasteiger partial charge in [-0.2, -0.15) is 0 Å². The van der Waals surface area contributed by atoms with Crippen molar-refractivity contribution in [3.63, 3.8) is 0 Å². The highest BCUT2D eigenvalue weighted by atomic mass is 32.2. The molecule has 1 aliphatic heterocycles. The molecule has 0 saturated carbocycles. The first-order valence-corrected chi connectivity index (χ1v) is 10.2. The molecule has 1 aliphatic rings. The zero-order chi connectivity index (χ0) is 13.6. The van der Waals surface area contributed by atoms with E-state index in [0.29, 0.717) is 0 Å². The van der Waals surface area contributed by atoms with Crippen LogP contribution in [0.25, 0.3) is 0 Å². The van der Waals surface area contributed by atoms with Gasteiger partial charge < -0.3 is 5.11 Å². The van der Waals surface area contributed by atoms with Crippen LogP contribution >= 0.6 is 0 Å². The molecule has 17 heavy (non-hydrogen) atoms. The lowest BCUT2D eigenvalue weighted by molar-refractivity contribution is -0.137. The third-order valence-electron chi connectivity index (χ3n) is 3.83. The van der Waals surface area contributed by atoms with Crippen molar-refractivity contribution in [2.24, 2.45) is 0 Å². The van der Waals surface area contributed by atoms with Crippen molar-refractivity contribution in [1.82, 2.24) is 3.97 Å². The molecule has 0 radical (unpaired) electrons. The maximum atomic E-state index is 11.9. The van der Waals surface area contributed by atoms with Gasteiger partial charge in [-0.05, 0) is 5.04 Å². The maximum Gasteiger partial charge on any atom is 0.304 e. The molecule has 1 N–H and O–H groups in total. The van der Waals surface area contributed by atoms with Crippen molar-refractivity contribution in [1.29, 1.82) is 0 Å². The summed E-state index contributed by atoms with van der Waals surface area (Å²) in [6, 6.07) is -0.349. The first-order chi connectivity index (χ1) is 7.39. The van der Waals surface area contributed by atoms with Gasteiger partial charge in [-0.3, -0.25) is 4.79 Å². The smallest absolute Gasteiger partial charge is 0.304 e. The predicted molar refractivity (Wildman–Crippen MR) is 68.9 cm³/mol. The number of nitrogens with zero attached hydrogens (tertiary/aromatic N) is 1. The minimum atomic E-state index is -3.23. The van der Waals surface area contributed by atoms with Gasteiger partial charge in [0.2, 0.25) is 10.0 Å². The number of aliphatic carboxylic acids is 1. The average Bonchev–Trinajstić information content (AvgIpc) is 1.96. The largest absolute Gasteiger partial charge is 0.481 e. The fourth-order valence-electron chi connectivity index (χ4n) is 2.01. The minimum Gasteiger partial charge on any atom is -0.481 e. The second kappa shape index (κ2) is 4.06. The van der Waals surface area contributed by atoms with E-state index in [1.807, 2.05) is 33.9 Å². The first-order valence-electron chi connectivity index (χ1n) is 5.63. The summed E-state index contributed by atoms with van der Waals surface area (Å²) >= 11 is 0. The number of rotatable bonds is 3. The van der Waals surface area contributed by atoms with E-state index in [9.17, 15) is 13.2 Å². The van der Waals surface area contributed by atoms with Crippen molar-refractivity contribution in [2.45, 2.75) is 51.4 Å². The quantitative estimate of drug-likeness (QED) is 0.794. The number of carboxylic acid groups (broad SMARTS) is 1. The van der Waals surface area contributed by atoms with Gasteiger partial charge in [0.05, 0.1) is 12.2 Å². The van der Waals surface area contributed by atoms with E-state index in [2.05, 4.69) is 0 Å². The highest BCUT2D eigenvalue weighted by Crippen LogP contribution is 2.44. The normalized spacial score (nSPS) is 25.4. The third-order valence-corrected chi connectivity index (χ3v) is 12.9. The molecule has 1 fully saturated rings. The van der Waals surface area contributed by atoms with E-state index in [0.717, 1.165) is 0 Å². The SMILES string of the molecule is CC(C)(C)[Si](C)(C)N1[C@@H](CC(=O)O)CS1(=O)=O. The van der Waals surface area contributed by atoms with Crippen molar-refractivity contribution in [3.05, 3.63) is 0 Å². The van der Waals surface area contributed by atoms with Crippen LogP contribution in [0.2, 0.25) is 18.1 Å². The number of sulfonamides is 1. The van der Waals surface area contributed by atoms with Gasteiger partial charge in [-0.25, -0.2) is 12.4 Å². The Morgan fingerprint density at radius 3 is 2.18 bits per heavy atom. The zero-order valence-corrected chi connectivity index (χ0v) is 12.8. The van der Waals surface area contributed by atoms with Crippen molar-refractivity contribution in [3.8, 4) is 0 Å². The lowest BCUT2D eigenvalue weighted by atomic mass is 10.2. The summed E-state index contributed by atoms with van der Waals surface area (Å²) < 4.78 is 25.3. The summed E-state index contributed by atoms with van der Waals surface area (Å²) in [5, 5.41) is 8.69. The second-order valence-electron chi connectivity index (χ2n) is 6.14. The summed E-state index contributed by atoms with van der Waals surface area (Å²) in [6.07, 6.45) is -0.0915. The van der Waals surface area contributed by atoms with Gasteiger partial charge in [-0.15, -0.1) is 0 Å². The molecule has 0 aromatic rings. The van der Waals surface area contributed by atoms with Crippen LogP contribution < -0.4 is 0 Å². The predicted octanol–water partition coefficient (Wildman–Crippen LogP) is 1.48. The zero-order valence-electron chi connectivity index (χ0n) is 11.0. The molecule has 0 unspecified atom stereocenters. The monoisotopic (exact) mass is 279 g/mol. The van der Waals surface area contributed by atoms with E-state index < -0.39 is 24.2 Å². The van der Waals surface area contributed by atoms with Crippen LogP contribution in [0.1, 0.15) is 27.2 Å². The Kier molecular flexibility index (Phi) is 3.50. The van der Waals surface area contributed by atoms with Crippen LogP contribution in [0.15, 0.2) is 0 Å². The van der Waals surface area contributed by atoms with E-state index in [1.54, 1.807) is 0 Å². The molecule has 1 heterocycles. The lowest BCUT2D eigenvalue weighted by Crippen LogP contribution is -2.70. The molecule has 0 amide bonds. The Bertz CT molecular complexity index is 424. The number of carboxylic acids is 1. The summed E-state index contributed by atoms with van der Waals surface area (Å²) in [4.78, 5) is 10.7. The molecule has 0 aliphatic carbocycles. The Balaban J connectivity index is 3.04. The van der Waals surface area contributed by atoms with E-state index in [-0.39, 0.29) is 23.3 Å². The molecular formula is C10H21NO4SSi. The minimum absolute atomic E-state index is 0.0220. The maximum absolute atomic E-state index is 11.9. The van der Waals surface area contributed by atoms with E-state index >= 15 is 0 Å². The Labute approximate surface area is 104 Å². The van der Waals surface area contributed by atoms with Gasteiger partial charge in [-0.1, -0.05) is 33.9 Å². The fourth-order valence-corrected chi connectivity index (χ4v) is 8.99. The number of carbonyl (C=O) groups is 1. The van der Waals surface area contributed by atoms with Gasteiger partial charge in [0.15, 0.2) is 0 Å². The summed E-state index contributed by atoms with van der Waals surface area (Å²) in [7, 11) is -5.43. The lowest BCUT2D eigenvalue weighted by Gasteiger charge is -2.53. The Hall–Kier alpha value is -0.403. The van der Waals surface area contributed by atoms with Crippen LogP contribution in [0.5, 0.6) is 0 Å². The van der Waals surface area contributed by atoms with E-state index in [4.69, 9.17) is 5.11 Å². The van der Waals surface area contributed by atoms with Gasteiger partial charge in [0.25, 0.3) is 0 Å². The van der Waals surface area contributed by atoms with Crippen LogP contribution in [0, 0.1) is 0 Å². The van der Waals surface area contributed by atoms with Gasteiger partial charge in [0, 0.05) is 6.04 Å². The second-order valence-corrected chi connectivity index (χ2v) is 13.4. The van der Waals surface area contributed by atoms with Gasteiger partial charge >= 0.3 is 5.97 Å². The molecule has 0 spiro atoms. The molecule has 100 valence electrons. The van der Waals surface area contributed by atoms with Crippen LogP contribution in [0.3, 0.4) is 0 Å². The molecular weight excluding hydrogens is 258 g/mol. The van der Waals surface area contributed by atoms with Crippen LogP contribution in [-0.2, 0) is 14.8 Å². The Morgan fingerprint density at radius 1 is 1.41 bits per heavy atom. The summed E-state index contributed by atoms with van der Waals surface area (Å²) in [6.45, 7) is 10.0. The molecule has 1 saturated heterocycles. The summed E-state index contributed by atoms with van der Waals surface area (Å²) in [5.41, 5.74) is 0. The molecule has 0 aromatic carbocycles. The Morgan fingerprint density at radius 2 is 1.88 bits per heavy atom. The van der Waals surface area contributed by atoms with Crippen molar-refractivity contribution < 1.29 is 18.3 Å². The van der Waals surface area contributed by atoms with Crippen LogP contribution in [0.4, 0.5) is 0 Å². The molecule has 5 nitrogen and oxygen atoms in total. The molecule has 0 aromatic heterocycles. The standard InChI is InChI=1S/C10H21NO4SSi/c1-10(2,3)17(4,5)11-8(6-9(12)13)7-16(11,14)15/h8H,6-7H2,1-5H3,(H,12,13)/t8-/m0/s1. The number of hydrogen-bond acceptors (Lipinski definition) is 3. The van der Waals surface area contributed by atoms with Crippen LogP contribution in [-0.4, -0.2) is 43.5 Å². The summed E-state index contributed by atoms with van der Waals surface area (Å²) in [5.74, 6) is -0.958.